The second-order valence-corrected chi connectivity index (χ2v) is 3.74. The van der Waals surface area contributed by atoms with Crippen molar-refractivity contribution < 1.29 is 4.79 Å². The van der Waals surface area contributed by atoms with E-state index in [0.29, 0.717) is 19.0 Å². The number of carbonyl (C=O) groups excluding carboxylic acids is 1. The summed E-state index contributed by atoms with van der Waals surface area (Å²) >= 11 is 0. The first-order chi connectivity index (χ1) is 7.18. The number of H-pyrrole nitrogens is 1. The summed E-state index contributed by atoms with van der Waals surface area (Å²) in [7, 11) is 0. The van der Waals surface area contributed by atoms with Crippen LogP contribution in [0.5, 0.6) is 0 Å². The molecule has 0 radical (unpaired) electrons. The molecule has 0 atom stereocenters. The zero-order valence-corrected chi connectivity index (χ0v) is 9.21. The van der Waals surface area contributed by atoms with Gasteiger partial charge in [-0.2, -0.15) is 5.10 Å². The van der Waals surface area contributed by atoms with E-state index in [1.54, 1.807) is 12.4 Å². The number of aromatic amines is 1. The van der Waals surface area contributed by atoms with Crippen LogP contribution in [0, 0.1) is 0 Å². The van der Waals surface area contributed by atoms with Gasteiger partial charge in [-0.05, 0) is 0 Å². The highest BCUT2D eigenvalue weighted by molar-refractivity contribution is 5.76. The Morgan fingerprint density at radius 2 is 2.40 bits per heavy atom. The molecule has 15 heavy (non-hydrogen) atoms. The van der Waals surface area contributed by atoms with Gasteiger partial charge < -0.3 is 10.6 Å². The summed E-state index contributed by atoms with van der Waals surface area (Å²) in [5.41, 5.74) is 0.986. The van der Waals surface area contributed by atoms with Gasteiger partial charge in [-0.3, -0.25) is 9.89 Å². The number of hydrogen-bond donors (Lipinski definition) is 3. The maximum absolute atomic E-state index is 11.3. The molecule has 0 saturated carbocycles. The SMILES string of the molecule is CC(C)NCCC(=O)NCc1cn[nH]c1. The Morgan fingerprint density at radius 3 is 3.00 bits per heavy atom. The normalized spacial score (nSPS) is 10.6. The van der Waals surface area contributed by atoms with E-state index in [1.165, 1.54) is 0 Å². The summed E-state index contributed by atoms with van der Waals surface area (Å²) in [6.07, 6.45) is 3.98. The quantitative estimate of drug-likeness (QED) is 0.637. The molecule has 0 spiro atoms. The predicted molar refractivity (Wildman–Crippen MR) is 58.2 cm³/mol. The Labute approximate surface area is 89.6 Å². The molecule has 84 valence electrons. The van der Waals surface area contributed by atoms with Gasteiger partial charge in [0.05, 0.1) is 6.20 Å². The van der Waals surface area contributed by atoms with Crippen LogP contribution in [0.1, 0.15) is 25.8 Å². The molecule has 0 bridgehead atoms. The van der Waals surface area contributed by atoms with Gasteiger partial charge in [0.15, 0.2) is 0 Å². The summed E-state index contributed by atoms with van der Waals surface area (Å²) in [6.45, 7) is 5.37. The molecule has 1 heterocycles. The lowest BCUT2D eigenvalue weighted by Crippen LogP contribution is -2.30. The third-order valence-electron chi connectivity index (χ3n) is 1.95. The third-order valence-corrected chi connectivity index (χ3v) is 1.95. The van der Waals surface area contributed by atoms with E-state index in [4.69, 9.17) is 0 Å². The van der Waals surface area contributed by atoms with Crippen molar-refractivity contribution in [2.24, 2.45) is 0 Å². The summed E-state index contributed by atoms with van der Waals surface area (Å²) < 4.78 is 0. The molecule has 0 unspecified atom stereocenters. The zero-order valence-electron chi connectivity index (χ0n) is 9.21. The summed E-state index contributed by atoms with van der Waals surface area (Å²) in [4.78, 5) is 11.3. The Morgan fingerprint density at radius 1 is 1.60 bits per heavy atom. The fourth-order valence-electron chi connectivity index (χ4n) is 1.14. The number of carbonyl (C=O) groups is 1. The lowest BCUT2D eigenvalue weighted by atomic mass is 10.3. The minimum Gasteiger partial charge on any atom is -0.352 e. The number of aromatic nitrogens is 2. The van der Waals surface area contributed by atoms with E-state index in [2.05, 4.69) is 34.7 Å². The van der Waals surface area contributed by atoms with E-state index >= 15 is 0 Å². The first kappa shape index (κ1) is 11.7. The summed E-state index contributed by atoms with van der Waals surface area (Å²) in [5.74, 6) is 0.0596. The number of nitrogens with zero attached hydrogens (tertiary/aromatic N) is 1. The molecule has 0 saturated heterocycles. The van der Waals surface area contributed by atoms with Crippen LogP contribution in [0.15, 0.2) is 12.4 Å². The molecule has 0 fully saturated rings. The molecule has 5 heteroatoms. The molecule has 0 aliphatic heterocycles. The van der Waals surface area contributed by atoms with E-state index in [1.807, 2.05) is 0 Å². The van der Waals surface area contributed by atoms with Gasteiger partial charge in [0.25, 0.3) is 0 Å². The summed E-state index contributed by atoms with van der Waals surface area (Å²) in [5, 5.41) is 12.5. The van der Waals surface area contributed by atoms with Crippen LogP contribution in [0.4, 0.5) is 0 Å². The second-order valence-electron chi connectivity index (χ2n) is 3.74. The molecule has 1 aromatic rings. The van der Waals surface area contributed by atoms with Crippen LogP contribution >= 0.6 is 0 Å². The van der Waals surface area contributed by atoms with E-state index in [9.17, 15) is 4.79 Å². The minimum absolute atomic E-state index is 0.0596. The van der Waals surface area contributed by atoms with Gasteiger partial charge in [-0.15, -0.1) is 0 Å². The molecule has 0 aliphatic carbocycles. The Hall–Kier alpha value is -1.36. The summed E-state index contributed by atoms with van der Waals surface area (Å²) in [6, 6.07) is 0.423. The Bertz CT molecular complexity index is 282. The van der Waals surface area contributed by atoms with Crippen molar-refractivity contribution in [2.75, 3.05) is 6.54 Å². The van der Waals surface area contributed by atoms with E-state index in [0.717, 1.165) is 12.1 Å². The van der Waals surface area contributed by atoms with Crippen molar-refractivity contribution in [3.05, 3.63) is 18.0 Å². The van der Waals surface area contributed by atoms with Crippen LogP contribution < -0.4 is 10.6 Å². The predicted octanol–water partition coefficient (Wildman–Crippen LogP) is 0.414. The van der Waals surface area contributed by atoms with Crippen LogP contribution in [0.25, 0.3) is 0 Å². The zero-order chi connectivity index (χ0) is 11.1. The molecular formula is C10H18N4O. The van der Waals surface area contributed by atoms with Crippen LogP contribution in [-0.4, -0.2) is 28.7 Å². The molecule has 1 amide bonds. The monoisotopic (exact) mass is 210 g/mol. The average molecular weight is 210 g/mol. The van der Waals surface area contributed by atoms with Crippen molar-refractivity contribution >= 4 is 5.91 Å². The maximum atomic E-state index is 11.3. The van der Waals surface area contributed by atoms with Crippen molar-refractivity contribution in [3.63, 3.8) is 0 Å². The largest absolute Gasteiger partial charge is 0.352 e. The smallest absolute Gasteiger partial charge is 0.221 e. The second kappa shape index (κ2) is 6.19. The van der Waals surface area contributed by atoms with Gasteiger partial charge >= 0.3 is 0 Å². The van der Waals surface area contributed by atoms with Gasteiger partial charge in [-0.25, -0.2) is 0 Å². The van der Waals surface area contributed by atoms with E-state index < -0.39 is 0 Å². The molecule has 0 aliphatic rings. The number of nitrogens with one attached hydrogen (secondary N) is 3. The van der Waals surface area contributed by atoms with Crippen molar-refractivity contribution in [3.8, 4) is 0 Å². The molecular weight excluding hydrogens is 192 g/mol. The van der Waals surface area contributed by atoms with Gasteiger partial charge in [0.2, 0.25) is 5.91 Å². The van der Waals surface area contributed by atoms with Crippen molar-refractivity contribution in [2.45, 2.75) is 32.9 Å². The topological polar surface area (TPSA) is 69.8 Å². The highest BCUT2D eigenvalue weighted by atomic mass is 16.1. The third kappa shape index (κ3) is 5.17. The molecule has 0 aromatic carbocycles. The minimum atomic E-state index is 0.0596. The van der Waals surface area contributed by atoms with Crippen molar-refractivity contribution in [1.29, 1.82) is 0 Å². The maximum Gasteiger partial charge on any atom is 0.221 e. The van der Waals surface area contributed by atoms with Gasteiger partial charge in [0.1, 0.15) is 0 Å². The number of rotatable bonds is 6. The lowest BCUT2D eigenvalue weighted by molar-refractivity contribution is -0.121. The molecule has 5 nitrogen and oxygen atoms in total. The first-order valence-corrected chi connectivity index (χ1v) is 5.16. The highest BCUT2D eigenvalue weighted by Gasteiger charge is 2.01. The highest BCUT2D eigenvalue weighted by Crippen LogP contribution is 1.92. The molecule has 1 rings (SSSR count). The Kier molecular flexibility index (Phi) is 4.83. The lowest BCUT2D eigenvalue weighted by Gasteiger charge is -2.07. The molecule has 1 aromatic heterocycles. The first-order valence-electron chi connectivity index (χ1n) is 5.16. The van der Waals surface area contributed by atoms with Crippen LogP contribution in [-0.2, 0) is 11.3 Å². The average Bonchev–Trinajstić information content (AvgIpc) is 2.66. The van der Waals surface area contributed by atoms with Crippen LogP contribution in [0.2, 0.25) is 0 Å². The fourth-order valence-corrected chi connectivity index (χ4v) is 1.14. The van der Waals surface area contributed by atoms with E-state index in [-0.39, 0.29) is 5.91 Å². The van der Waals surface area contributed by atoms with Gasteiger partial charge in [-0.1, -0.05) is 13.8 Å². The van der Waals surface area contributed by atoms with Crippen molar-refractivity contribution in [1.82, 2.24) is 20.8 Å². The van der Waals surface area contributed by atoms with Gasteiger partial charge in [0, 0.05) is 37.3 Å². The Balaban J connectivity index is 2.09. The standard InChI is InChI=1S/C10H18N4O/c1-8(2)11-4-3-10(15)12-5-9-6-13-14-7-9/h6-8,11H,3-5H2,1-2H3,(H,12,15)(H,13,14). The molecule has 3 N–H and O–H groups in total. The number of hydrogen-bond acceptors (Lipinski definition) is 3. The number of amides is 1. The fraction of sp³-hybridized carbons (Fsp3) is 0.600. The van der Waals surface area contributed by atoms with Crippen LogP contribution in [0.3, 0.4) is 0 Å².